The molecular weight excluding hydrogens is 375 g/mol. The monoisotopic (exact) mass is 394 g/mol. The van der Waals surface area contributed by atoms with Crippen LogP contribution in [0.25, 0.3) is 11.3 Å². The molecule has 0 saturated heterocycles. The molecule has 2 N–H and O–H groups in total. The highest BCUT2D eigenvalue weighted by molar-refractivity contribution is 5.71. The first-order valence-corrected chi connectivity index (χ1v) is 9.35. The fourth-order valence-corrected chi connectivity index (χ4v) is 3.40. The summed E-state index contributed by atoms with van der Waals surface area (Å²) < 4.78 is 13.4. The molecule has 9 heteroatoms. The van der Waals surface area contributed by atoms with Crippen molar-refractivity contribution in [3.63, 3.8) is 0 Å². The summed E-state index contributed by atoms with van der Waals surface area (Å²) in [7, 11) is 0. The average Bonchev–Trinajstić information content (AvgIpc) is 3.23. The van der Waals surface area contributed by atoms with Gasteiger partial charge < -0.3 is 10.6 Å². The summed E-state index contributed by atoms with van der Waals surface area (Å²) in [4.78, 5) is 23.8. The molecule has 2 heterocycles. The van der Waals surface area contributed by atoms with Crippen LogP contribution in [-0.4, -0.2) is 25.9 Å². The minimum absolute atomic E-state index is 0.155. The highest BCUT2D eigenvalue weighted by atomic mass is 19.1. The van der Waals surface area contributed by atoms with Crippen molar-refractivity contribution in [1.82, 2.24) is 15.0 Å². The van der Waals surface area contributed by atoms with E-state index in [1.807, 2.05) is 12.1 Å². The average molecular weight is 394 g/mol. The maximum absolute atomic E-state index is 13.4. The van der Waals surface area contributed by atoms with Crippen LogP contribution < -0.4 is 10.6 Å². The van der Waals surface area contributed by atoms with Gasteiger partial charge in [0.25, 0.3) is 5.69 Å². The molecule has 2 aromatic heterocycles. The number of nitrogens with one attached hydrogen (secondary N) is 2. The second kappa shape index (κ2) is 8.17. The number of nitro groups is 1. The van der Waals surface area contributed by atoms with Gasteiger partial charge in [-0.1, -0.05) is 12.8 Å². The zero-order chi connectivity index (χ0) is 20.2. The van der Waals surface area contributed by atoms with Gasteiger partial charge in [0.1, 0.15) is 17.3 Å². The van der Waals surface area contributed by atoms with Crippen LogP contribution >= 0.6 is 0 Å². The van der Waals surface area contributed by atoms with E-state index >= 15 is 0 Å². The SMILES string of the molecule is O=[N+]([O-])c1cc(F)ccc1Nc1cc(-c2ccncc2)nc(NC2CCCC2)n1. The summed E-state index contributed by atoms with van der Waals surface area (Å²) in [6.45, 7) is 0. The molecule has 1 aromatic carbocycles. The van der Waals surface area contributed by atoms with E-state index in [-0.39, 0.29) is 11.4 Å². The second-order valence-electron chi connectivity index (χ2n) is 6.87. The quantitative estimate of drug-likeness (QED) is 0.462. The van der Waals surface area contributed by atoms with Gasteiger partial charge in [0.2, 0.25) is 5.95 Å². The Morgan fingerprint density at radius 1 is 1.07 bits per heavy atom. The van der Waals surface area contributed by atoms with E-state index in [1.165, 1.54) is 6.07 Å². The van der Waals surface area contributed by atoms with Crippen molar-refractivity contribution >= 4 is 23.1 Å². The van der Waals surface area contributed by atoms with E-state index in [9.17, 15) is 14.5 Å². The van der Waals surface area contributed by atoms with Gasteiger partial charge in [-0.3, -0.25) is 15.1 Å². The molecule has 1 aliphatic carbocycles. The Morgan fingerprint density at radius 2 is 1.83 bits per heavy atom. The van der Waals surface area contributed by atoms with E-state index in [4.69, 9.17) is 0 Å². The molecule has 29 heavy (non-hydrogen) atoms. The smallest absolute Gasteiger partial charge is 0.295 e. The number of anilines is 3. The third kappa shape index (κ3) is 4.45. The molecule has 0 atom stereocenters. The van der Waals surface area contributed by atoms with Crippen LogP contribution in [0.4, 0.5) is 27.5 Å². The normalized spacial score (nSPS) is 14.0. The van der Waals surface area contributed by atoms with Crippen molar-refractivity contribution in [2.75, 3.05) is 10.6 Å². The van der Waals surface area contributed by atoms with Crippen LogP contribution in [0.1, 0.15) is 25.7 Å². The lowest BCUT2D eigenvalue weighted by Gasteiger charge is -2.15. The molecule has 0 bridgehead atoms. The number of aromatic nitrogens is 3. The molecule has 1 fully saturated rings. The summed E-state index contributed by atoms with van der Waals surface area (Å²) in [5.74, 6) is 0.145. The van der Waals surface area contributed by atoms with Gasteiger partial charge in [0, 0.05) is 30.1 Å². The summed E-state index contributed by atoms with van der Waals surface area (Å²) in [5.41, 5.74) is 1.28. The summed E-state index contributed by atoms with van der Waals surface area (Å²) in [5, 5.41) is 17.6. The molecule has 0 unspecified atom stereocenters. The van der Waals surface area contributed by atoms with Crippen LogP contribution in [0.5, 0.6) is 0 Å². The van der Waals surface area contributed by atoms with Gasteiger partial charge in [0.15, 0.2) is 0 Å². The number of hydrogen-bond acceptors (Lipinski definition) is 7. The zero-order valence-corrected chi connectivity index (χ0v) is 15.5. The number of rotatable bonds is 6. The fourth-order valence-electron chi connectivity index (χ4n) is 3.40. The second-order valence-corrected chi connectivity index (χ2v) is 6.87. The highest BCUT2D eigenvalue weighted by Gasteiger charge is 2.19. The van der Waals surface area contributed by atoms with Gasteiger partial charge in [0.05, 0.1) is 16.7 Å². The molecule has 148 valence electrons. The Bertz CT molecular complexity index is 1020. The molecule has 0 amide bonds. The molecule has 1 saturated carbocycles. The predicted molar refractivity (Wildman–Crippen MR) is 107 cm³/mol. The third-order valence-corrected chi connectivity index (χ3v) is 4.81. The summed E-state index contributed by atoms with van der Waals surface area (Å²) in [6, 6.07) is 9.02. The molecule has 0 aliphatic heterocycles. The maximum atomic E-state index is 13.4. The van der Waals surface area contributed by atoms with Crippen LogP contribution in [-0.2, 0) is 0 Å². The van der Waals surface area contributed by atoms with Crippen LogP contribution in [0.2, 0.25) is 0 Å². The van der Waals surface area contributed by atoms with E-state index in [0.29, 0.717) is 23.5 Å². The first-order chi connectivity index (χ1) is 14.1. The van der Waals surface area contributed by atoms with Gasteiger partial charge in [-0.25, -0.2) is 9.37 Å². The first kappa shape index (κ1) is 18.7. The summed E-state index contributed by atoms with van der Waals surface area (Å²) in [6.07, 6.45) is 7.76. The predicted octanol–water partition coefficient (Wildman–Crippen LogP) is 4.68. The Labute approximate surface area is 166 Å². The number of nitrogens with zero attached hydrogens (tertiary/aromatic N) is 4. The summed E-state index contributed by atoms with van der Waals surface area (Å²) >= 11 is 0. The standard InChI is InChI=1S/C20H19FN6O2/c21-14-5-6-16(18(11-14)27(28)29)24-19-12-17(13-7-9-22-10-8-13)25-20(26-19)23-15-3-1-2-4-15/h5-12,15H,1-4H2,(H2,23,24,25,26). The Hall–Kier alpha value is -3.62. The van der Waals surface area contributed by atoms with Gasteiger partial charge >= 0.3 is 0 Å². The molecular formula is C20H19FN6O2. The fraction of sp³-hybridized carbons (Fsp3) is 0.250. The molecule has 8 nitrogen and oxygen atoms in total. The zero-order valence-electron chi connectivity index (χ0n) is 15.5. The lowest BCUT2D eigenvalue weighted by atomic mass is 10.2. The number of pyridine rings is 1. The van der Waals surface area contributed by atoms with Gasteiger partial charge in [-0.2, -0.15) is 4.98 Å². The lowest BCUT2D eigenvalue weighted by molar-refractivity contribution is -0.384. The van der Waals surface area contributed by atoms with Crippen molar-refractivity contribution in [3.05, 3.63) is 64.7 Å². The minimum Gasteiger partial charge on any atom is -0.351 e. The minimum atomic E-state index is -0.675. The third-order valence-electron chi connectivity index (χ3n) is 4.81. The van der Waals surface area contributed by atoms with Crippen molar-refractivity contribution in [3.8, 4) is 11.3 Å². The van der Waals surface area contributed by atoms with E-state index in [1.54, 1.807) is 18.5 Å². The van der Waals surface area contributed by atoms with Crippen molar-refractivity contribution in [2.45, 2.75) is 31.7 Å². The van der Waals surface area contributed by atoms with Crippen molar-refractivity contribution in [1.29, 1.82) is 0 Å². The number of nitro benzene ring substituents is 1. The number of halogens is 1. The molecule has 0 spiro atoms. The molecule has 4 rings (SSSR count). The Kier molecular flexibility index (Phi) is 5.28. The van der Waals surface area contributed by atoms with E-state index in [0.717, 1.165) is 43.4 Å². The topological polar surface area (TPSA) is 106 Å². The van der Waals surface area contributed by atoms with Crippen molar-refractivity contribution in [2.24, 2.45) is 0 Å². The molecule has 0 radical (unpaired) electrons. The van der Waals surface area contributed by atoms with E-state index in [2.05, 4.69) is 25.6 Å². The van der Waals surface area contributed by atoms with Crippen LogP contribution in [0.15, 0.2) is 48.8 Å². The van der Waals surface area contributed by atoms with Gasteiger partial charge in [-0.15, -0.1) is 0 Å². The van der Waals surface area contributed by atoms with Crippen molar-refractivity contribution < 1.29 is 9.31 Å². The van der Waals surface area contributed by atoms with Gasteiger partial charge in [-0.05, 0) is 37.1 Å². The van der Waals surface area contributed by atoms with Crippen LogP contribution in [0, 0.1) is 15.9 Å². The Balaban J connectivity index is 1.71. The van der Waals surface area contributed by atoms with E-state index < -0.39 is 10.7 Å². The number of hydrogen-bond donors (Lipinski definition) is 2. The first-order valence-electron chi connectivity index (χ1n) is 9.35. The molecule has 3 aromatic rings. The largest absolute Gasteiger partial charge is 0.351 e. The molecule has 1 aliphatic rings. The highest BCUT2D eigenvalue weighted by Crippen LogP contribution is 2.30. The maximum Gasteiger partial charge on any atom is 0.295 e. The van der Waals surface area contributed by atoms with Crippen LogP contribution in [0.3, 0.4) is 0 Å². The number of benzene rings is 1. The lowest BCUT2D eigenvalue weighted by Crippen LogP contribution is -2.17. The Morgan fingerprint density at radius 3 is 2.55 bits per heavy atom.